The standard InChI is InChI=1S/C12H19ClN4O/c1-3-17(4-2)12(18)5-6-15-11-8-9(14)7-10(13)16-11/h7-8H,3-6H2,1-2H3,(H3,14,15,16). The molecule has 0 unspecified atom stereocenters. The highest BCUT2D eigenvalue weighted by Crippen LogP contribution is 2.15. The van der Waals surface area contributed by atoms with Gasteiger partial charge in [0, 0.05) is 37.8 Å². The number of aromatic nitrogens is 1. The van der Waals surface area contributed by atoms with E-state index in [4.69, 9.17) is 17.3 Å². The molecular weight excluding hydrogens is 252 g/mol. The third kappa shape index (κ3) is 4.41. The average molecular weight is 271 g/mol. The number of carbonyl (C=O) groups excluding carboxylic acids is 1. The van der Waals surface area contributed by atoms with E-state index in [-0.39, 0.29) is 5.91 Å². The van der Waals surface area contributed by atoms with Crippen molar-refractivity contribution in [2.45, 2.75) is 20.3 Å². The fourth-order valence-corrected chi connectivity index (χ4v) is 1.86. The highest BCUT2D eigenvalue weighted by Gasteiger charge is 2.08. The van der Waals surface area contributed by atoms with E-state index in [0.29, 0.717) is 29.6 Å². The Morgan fingerprint density at radius 1 is 1.44 bits per heavy atom. The number of pyridine rings is 1. The minimum atomic E-state index is 0.127. The Morgan fingerprint density at radius 2 is 2.11 bits per heavy atom. The molecule has 0 atom stereocenters. The number of nitrogen functional groups attached to an aromatic ring is 1. The summed E-state index contributed by atoms with van der Waals surface area (Å²) in [5.74, 6) is 0.717. The molecule has 0 spiro atoms. The predicted octanol–water partition coefficient (Wildman–Crippen LogP) is 1.99. The smallest absolute Gasteiger partial charge is 0.224 e. The summed E-state index contributed by atoms with van der Waals surface area (Å²) in [6, 6.07) is 3.27. The van der Waals surface area contributed by atoms with Crippen molar-refractivity contribution in [3.8, 4) is 0 Å². The van der Waals surface area contributed by atoms with Gasteiger partial charge in [0.25, 0.3) is 0 Å². The maximum Gasteiger partial charge on any atom is 0.224 e. The first-order chi connectivity index (χ1) is 8.56. The van der Waals surface area contributed by atoms with E-state index < -0.39 is 0 Å². The van der Waals surface area contributed by atoms with Crippen molar-refractivity contribution in [2.75, 3.05) is 30.7 Å². The molecule has 5 nitrogen and oxygen atoms in total. The largest absolute Gasteiger partial charge is 0.399 e. The maximum absolute atomic E-state index is 11.7. The Hall–Kier alpha value is -1.49. The molecule has 1 aromatic heterocycles. The number of amides is 1. The summed E-state index contributed by atoms with van der Waals surface area (Å²) in [7, 11) is 0. The molecule has 1 heterocycles. The van der Waals surface area contributed by atoms with Gasteiger partial charge in [-0.3, -0.25) is 4.79 Å². The summed E-state index contributed by atoms with van der Waals surface area (Å²) in [5, 5.41) is 3.38. The number of nitrogens with two attached hydrogens (primary N) is 1. The molecular formula is C12H19ClN4O. The quantitative estimate of drug-likeness (QED) is 0.776. The summed E-state index contributed by atoms with van der Waals surface area (Å²) >= 11 is 5.78. The Morgan fingerprint density at radius 3 is 2.67 bits per heavy atom. The molecule has 0 aliphatic heterocycles. The topological polar surface area (TPSA) is 71.2 Å². The average Bonchev–Trinajstić information content (AvgIpc) is 2.29. The van der Waals surface area contributed by atoms with Crippen LogP contribution in [0.3, 0.4) is 0 Å². The van der Waals surface area contributed by atoms with Crippen molar-refractivity contribution < 1.29 is 4.79 Å². The second-order valence-electron chi connectivity index (χ2n) is 3.85. The van der Waals surface area contributed by atoms with E-state index in [1.54, 1.807) is 17.0 Å². The molecule has 0 saturated heterocycles. The van der Waals surface area contributed by atoms with Gasteiger partial charge in [-0.05, 0) is 19.9 Å². The predicted molar refractivity (Wildman–Crippen MR) is 74.7 cm³/mol. The lowest BCUT2D eigenvalue weighted by molar-refractivity contribution is -0.130. The minimum absolute atomic E-state index is 0.127. The Bertz CT molecular complexity index is 387. The molecule has 1 aromatic rings. The molecule has 0 fully saturated rings. The van der Waals surface area contributed by atoms with Gasteiger partial charge < -0.3 is 16.0 Å². The van der Waals surface area contributed by atoms with Crippen molar-refractivity contribution in [3.63, 3.8) is 0 Å². The van der Waals surface area contributed by atoms with Crippen LogP contribution in [0.4, 0.5) is 11.5 Å². The van der Waals surface area contributed by atoms with Crippen LogP contribution in [0, 0.1) is 0 Å². The van der Waals surface area contributed by atoms with Gasteiger partial charge >= 0.3 is 0 Å². The number of rotatable bonds is 6. The van der Waals surface area contributed by atoms with Gasteiger partial charge in [0.2, 0.25) is 5.91 Å². The van der Waals surface area contributed by atoms with E-state index in [0.717, 1.165) is 13.1 Å². The van der Waals surface area contributed by atoms with Gasteiger partial charge in [-0.15, -0.1) is 0 Å². The second-order valence-corrected chi connectivity index (χ2v) is 4.24. The van der Waals surface area contributed by atoms with Crippen LogP contribution in [0.2, 0.25) is 5.15 Å². The van der Waals surface area contributed by atoms with Crippen molar-refractivity contribution >= 4 is 29.0 Å². The fourth-order valence-electron chi connectivity index (χ4n) is 1.64. The zero-order valence-electron chi connectivity index (χ0n) is 10.7. The fraction of sp³-hybridized carbons (Fsp3) is 0.500. The van der Waals surface area contributed by atoms with Crippen LogP contribution in [-0.4, -0.2) is 35.4 Å². The van der Waals surface area contributed by atoms with E-state index >= 15 is 0 Å². The number of hydrogen-bond acceptors (Lipinski definition) is 4. The molecule has 3 N–H and O–H groups in total. The lowest BCUT2D eigenvalue weighted by Gasteiger charge is -2.18. The van der Waals surface area contributed by atoms with Gasteiger partial charge in [0.15, 0.2) is 0 Å². The Labute approximate surface area is 112 Å². The van der Waals surface area contributed by atoms with Gasteiger partial charge in [0.1, 0.15) is 11.0 Å². The first-order valence-electron chi connectivity index (χ1n) is 6.01. The summed E-state index contributed by atoms with van der Waals surface area (Å²) < 4.78 is 0. The Kier molecular flexibility index (Phi) is 5.71. The SMILES string of the molecule is CCN(CC)C(=O)CCNc1cc(N)cc(Cl)n1. The first-order valence-corrected chi connectivity index (χ1v) is 6.39. The molecule has 0 saturated carbocycles. The lowest BCUT2D eigenvalue weighted by atomic mass is 10.3. The number of carbonyl (C=O) groups is 1. The highest BCUT2D eigenvalue weighted by atomic mass is 35.5. The first kappa shape index (κ1) is 14.6. The zero-order valence-corrected chi connectivity index (χ0v) is 11.5. The Balaban J connectivity index is 2.44. The van der Waals surface area contributed by atoms with Crippen LogP contribution in [0.15, 0.2) is 12.1 Å². The number of hydrogen-bond donors (Lipinski definition) is 2. The van der Waals surface area contributed by atoms with E-state index in [1.807, 2.05) is 13.8 Å². The minimum Gasteiger partial charge on any atom is -0.399 e. The van der Waals surface area contributed by atoms with Crippen molar-refractivity contribution in [3.05, 3.63) is 17.3 Å². The lowest BCUT2D eigenvalue weighted by Crippen LogP contribution is -2.31. The van der Waals surface area contributed by atoms with Crippen molar-refractivity contribution in [1.29, 1.82) is 0 Å². The van der Waals surface area contributed by atoms with Gasteiger partial charge in [-0.25, -0.2) is 4.98 Å². The highest BCUT2D eigenvalue weighted by molar-refractivity contribution is 6.29. The monoisotopic (exact) mass is 270 g/mol. The van der Waals surface area contributed by atoms with Crippen LogP contribution in [0.1, 0.15) is 20.3 Å². The summed E-state index contributed by atoms with van der Waals surface area (Å²) in [6.07, 6.45) is 0.426. The summed E-state index contributed by atoms with van der Waals surface area (Å²) in [6.45, 7) is 5.92. The maximum atomic E-state index is 11.7. The van der Waals surface area contributed by atoms with Crippen molar-refractivity contribution in [2.24, 2.45) is 0 Å². The third-order valence-electron chi connectivity index (χ3n) is 2.58. The molecule has 1 amide bonds. The molecule has 100 valence electrons. The number of nitrogens with zero attached hydrogens (tertiary/aromatic N) is 2. The normalized spacial score (nSPS) is 10.2. The molecule has 0 aliphatic rings. The van der Waals surface area contributed by atoms with Crippen LogP contribution >= 0.6 is 11.6 Å². The number of anilines is 2. The van der Waals surface area contributed by atoms with Crippen LogP contribution in [-0.2, 0) is 4.79 Å². The molecule has 6 heteroatoms. The molecule has 0 aliphatic carbocycles. The molecule has 0 aromatic carbocycles. The van der Waals surface area contributed by atoms with Crippen molar-refractivity contribution in [1.82, 2.24) is 9.88 Å². The molecule has 1 rings (SSSR count). The van der Waals surface area contributed by atoms with Gasteiger partial charge in [0.05, 0.1) is 0 Å². The van der Waals surface area contributed by atoms with Gasteiger partial charge in [-0.1, -0.05) is 11.6 Å². The molecule has 0 radical (unpaired) electrons. The third-order valence-corrected chi connectivity index (χ3v) is 2.77. The van der Waals surface area contributed by atoms with Crippen LogP contribution in [0.5, 0.6) is 0 Å². The van der Waals surface area contributed by atoms with E-state index in [9.17, 15) is 4.79 Å². The number of nitrogens with one attached hydrogen (secondary N) is 1. The van der Waals surface area contributed by atoms with E-state index in [1.165, 1.54) is 0 Å². The second kappa shape index (κ2) is 7.06. The molecule has 18 heavy (non-hydrogen) atoms. The van der Waals surface area contributed by atoms with Crippen LogP contribution < -0.4 is 11.1 Å². The molecule has 0 bridgehead atoms. The summed E-state index contributed by atoms with van der Waals surface area (Å²) in [5.41, 5.74) is 6.19. The van der Waals surface area contributed by atoms with E-state index in [2.05, 4.69) is 10.3 Å². The summed E-state index contributed by atoms with van der Waals surface area (Å²) in [4.78, 5) is 17.6. The number of halogens is 1. The van der Waals surface area contributed by atoms with Crippen LogP contribution in [0.25, 0.3) is 0 Å². The zero-order chi connectivity index (χ0) is 13.5. The van der Waals surface area contributed by atoms with Gasteiger partial charge in [-0.2, -0.15) is 0 Å².